The lowest BCUT2D eigenvalue weighted by molar-refractivity contribution is 0.171. The molecule has 1 heterocycles. The van der Waals surface area contributed by atoms with Gasteiger partial charge in [-0.1, -0.05) is 5.16 Å². The van der Waals surface area contributed by atoms with E-state index in [0.717, 1.165) is 30.1 Å². The topological polar surface area (TPSA) is 77.1 Å². The summed E-state index contributed by atoms with van der Waals surface area (Å²) in [5, 5.41) is 11.7. The van der Waals surface area contributed by atoms with Crippen LogP contribution < -0.4 is 15.2 Å². The van der Waals surface area contributed by atoms with Crippen LogP contribution in [0, 0.1) is 5.41 Å². The van der Waals surface area contributed by atoms with E-state index in [2.05, 4.69) is 11.2 Å². The van der Waals surface area contributed by atoms with Gasteiger partial charge in [-0.15, -0.1) is 11.8 Å². The van der Waals surface area contributed by atoms with E-state index < -0.39 is 0 Å². The van der Waals surface area contributed by atoms with Crippen LogP contribution in [0.25, 0.3) is 0 Å². The molecule has 0 bridgehead atoms. The molecule has 1 fully saturated rings. The summed E-state index contributed by atoms with van der Waals surface area (Å²) in [6, 6.07) is 6.04. The first-order chi connectivity index (χ1) is 9.71. The molecule has 20 heavy (non-hydrogen) atoms. The highest BCUT2D eigenvalue weighted by Crippen LogP contribution is 2.52. The Morgan fingerprint density at radius 3 is 2.75 bits per heavy atom. The second-order valence-corrected chi connectivity index (χ2v) is 6.41. The molecule has 0 atom stereocenters. The van der Waals surface area contributed by atoms with Gasteiger partial charge in [-0.05, 0) is 36.5 Å². The molecule has 0 amide bonds. The minimum atomic E-state index is 0.203. The maximum Gasteiger partial charge on any atom is 0.162 e. The summed E-state index contributed by atoms with van der Waals surface area (Å²) in [7, 11) is 0. The second kappa shape index (κ2) is 5.44. The van der Waals surface area contributed by atoms with Gasteiger partial charge in [0.05, 0.1) is 0 Å². The Hall–Kier alpha value is -1.56. The molecule has 1 aromatic rings. The molecule has 5 nitrogen and oxygen atoms in total. The highest BCUT2D eigenvalue weighted by atomic mass is 32.2. The molecule has 3 rings (SSSR count). The van der Waals surface area contributed by atoms with Crippen LogP contribution in [-0.4, -0.2) is 30.0 Å². The van der Waals surface area contributed by atoms with E-state index in [0.29, 0.717) is 25.5 Å². The van der Waals surface area contributed by atoms with E-state index in [4.69, 9.17) is 20.4 Å². The van der Waals surface area contributed by atoms with Gasteiger partial charge in [-0.25, -0.2) is 0 Å². The monoisotopic (exact) mass is 294 g/mol. The van der Waals surface area contributed by atoms with Gasteiger partial charge in [0.2, 0.25) is 0 Å². The Balaban J connectivity index is 1.61. The molecular formula is C14H18N2O3S. The van der Waals surface area contributed by atoms with Crippen LogP contribution in [0.1, 0.15) is 19.3 Å². The molecule has 0 unspecified atom stereocenters. The predicted octanol–water partition coefficient (Wildman–Crippen LogP) is 2.47. The van der Waals surface area contributed by atoms with Crippen molar-refractivity contribution in [2.45, 2.75) is 24.2 Å². The number of rotatable bonds is 5. The molecule has 1 saturated carbocycles. The van der Waals surface area contributed by atoms with Gasteiger partial charge in [0.1, 0.15) is 19.0 Å². The van der Waals surface area contributed by atoms with Crippen molar-refractivity contribution in [3.63, 3.8) is 0 Å². The normalized spacial score (nSPS) is 19.7. The molecule has 6 heteroatoms. The number of nitrogens with two attached hydrogens (primary N) is 1. The molecule has 1 aliphatic heterocycles. The van der Waals surface area contributed by atoms with Gasteiger partial charge in [0.25, 0.3) is 0 Å². The molecular weight excluding hydrogens is 276 g/mol. The van der Waals surface area contributed by atoms with E-state index in [1.165, 1.54) is 4.90 Å². The molecule has 0 radical (unpaired) electrons. The number of amidine groups is 1. The van der Waals surface area contributed by atoms with Gasteiger partial charge in [0.15, 0.2) is 11.5 Å². The minimum absolute atomic E-state index is 0.203. The average Bonchev–Trinajstić information content (AvgIpc) is 3.25. The average molecular weight is 294 g/mol. The third-order valence-corrected chi connectivity index (χ3v) is 5.04. The van der Waals surface area contributed by atoms with Crippen LogP contribution >= 0.6 is 11.8 Å². The van der Waals surface area contributed by atoms with Crippen LogP contribution in [0.2, 0.25) is 0 Å². The summed E-state index contributed by atoms with van der Waals surface area (Å²) in [6.45, 7) is 1.22. The number of oxime groups is 1. The maximum atomic E-state index is 8.67. The van der Waals surface area contributed by atoms with Crippen molar-refractivity contribution in [3.05, 3.63) is 18.2 Å². The number of benzene rings is 1. The van der Waals surface area contributed by atoms with Crippen molar-refractivity contribution < 1.29 is 14.7 Å². The van der Waals surface area contributed by atoms with E-state index in [9.17, 15) is 0 Å². The summed E-state index contributed by atoms with van der Waals surface area (Å²) >= 11 is 1.79. The lowest BCUT2D eigenvalue weighted by Crippen LogP contribution is -2.19. The van der Waals surface area contributed by atoms with Crippen LogP contribution in [0.3, 0.4) is 0 Å². The number of fused-ring (bicyclic) bond motifs is 1. The smallest absolute Gasteiger partial charge is 0.162 e. The molecule has 2 aliphatic rings. The van der Waals surface area contributed by atoms with Crippen molar-refractivity contribution in [1.82, 2.24) is 0 Å². The number of hydrogen-bond acceptors (Lipinski definition) is 5. The fourth-order valence-corrected chi connectivity index (χ4v) is 3.54. The van der Waals surface area contributed by atoms with Gasteiger partial charge < -0.3 is 20.4 Å². The summed E-state index contributed by atoms with van der Waals surface area (Å²) in [5.41, 5.74) is 5.82. The van der Waals surface area contributed by atoms with Crippen LogP contribution in [0.5, 0.6) is 11.5 Å². The van der Waals surface area contributed by atoms with Gasteiger partial charge >= 0.3 is 0 Å². The fourth-order valence-electron chi connectivity index (χ4n) is 2.32. The zero-order valence-electron chi connectivity index (χ0n) is 11.2. The van der Waals surface area contributed by atoms with Crippen LogP contribution in [0.15, 0.2) is 28.3 Å². The third-order valence-electron chi connectivity index (χ3n) is 3.70. The van der Waals surface area contributed by atoms with Crippen LogP contribution in [-0.2, 0) is 0 Å². The Morgan fingerprint density at radius 1 is 1.30 bits per heavy atom. The zero-order chi connectivity index (χ0) is 14.0. The van der Waals surface area contributed by atoms with Crippen molar-refractivity contribution in [3.8, 4) is 11.5 Å². The standard InChI is InChI=1S/C14H18N2O3S/c15-13(16-17)8-14(3-4-14)9-20-10-1-2-11-12(7-10)19-6-5-18-11/h1-2,7,17H,3-6,8-9H2,(H2,15,16). The lowest BCUT2D eigenvalue weighted by atomic mass is 10.1. The van der Waals surface area contributed by atoms with E-state index >= 15 is 0 Å². The zero-order valence-corrected chi connectivity index (χ0v) is 12.0. The Labute approximate surface area is 122 Å². The molecule has 108 valence electrons. The van der Waals surface area contributed by atoms with Crippen LogP contribution in [0.4, 0.5) is 0 Å². The SMILES string of the molecule is N/C(CC1(CSc2ccc3c(c2)OCCO3)CC1)=N/O. The predicted molar refractivity (Wildman–Crippen MR) is 77.8 cm³/mol. The van der Waals surface area contributed by atoms with Gasteiger partial charge in [0, 0.05) is 17.1 Å². The first kappa shape index (κ1) is 13.4. The van der Waals surface area contributed by atoms with Crippen molar-refractivity contribution in [2.24, 2.45) is 16.3 Å². The van der Waals surface area contributed by atoms with Gasteiger partial charge in [-0.3, -0.25) is 0 Å². The number of ether oxygens (including phenoxy) is 2. The van der Waals surface area contributed by atoms with Crippen molar-refractivity contribution in [2.75, 3.05) is 19.0 Å². The quantitative estimate of drug-likeness (QED) is 0.287. The first-order valence-electron chi connectivity index (χ1n) is 6.70. The number of hydrogen-bond donors (Lipinski definition) is 2. The minimum Gasteiger partial charge on any atom is -0.486 e. The fraction of sp³-hybridized carbons (Fsp3) is 0.500. The second-order valence-electron chi connectivity index (χ2n) is 5.36. The highest BCUT2D eigenvalue weighted by Gasteiger charge is 2.43. The highest BCUT2D eigenvalue weighted by molar-refractivity contribution is 7.99. The summed E-state index contributed by atoms with van der Waals surface area (Å²) < 4.78 is 11.1. The Kier molecular flexibility index (Phi) is 3.65. The molecule has 1 aromatic carbocycles. The summed E-state index contributed by atoms with van der Waals surface area (Å²) in [4.78, 5) is 1.17. The Morgan fingerprint density at radius 2 is 2.05 bits per heavy atom. The summed E-state index contributed by atoms with van der Waals surface area (Å²) in [6.07, 6.45) is 2.95. The maximum absolute atomic E-state index is 8.67. The van der Waals surface area contributed by atoms with E-state index in [1.54, 1.807) is 11.8 Å². The van der Waals surface area contributed by atoms with Crippen molar-refractivity contribution in [1.29, 1.82) is 0 Å². The largest absolute Gasteiger partial charge is 0.486 e. The van der Waals surface area contributed by atoms with Crippen molar-refractivity contribution >= 4 is 17.6 Å². The third kappa shape index (κ3) is 2.95. The van der Waals surface area contributed by atoms with E-state index in [-0.39, 0.29) is 5.41 Å². The molecule has 1 aliphatic carbocycles. The molecule has 0 spiro atoms. The van der Waals surface area contributed by atoms with Gasteiger partial charge in [-0.2, -0.15) is 0 Å². The van der Waals surface area contributed by atoms with E-state index in [1.807, 2.05) is 12.1 Å². The summed E-state index contributed by atoms with van der Waals surface area (Å²) in [5.74, 6) is 2.94. The number of thioether (sulfide) groups is 1. The molecule has 0 aromatic heterocycles. The number of nitrogens with zero attached hydrogens (tertiary/aromatic N) is 1. The lowest BCUT2D eigenvalue weighted by Gasteiger charge is -2.19. The first-order valence-corrected chi connectivity index (χ1v) is 7.68. The molecule has 3 N–H and O–H groups in total. The Bertz CT molecular complexity index is 529. The molecule has 0 saturated heterocycles.